The van der Waals surface area contributed by atoms with Crippen LogP contribution in [0.5, 0.6) is 5.88 Å². The maximum atomic E-state index is 12.0. The van der Waals surface area contributed by atoms with E-state index in [0.717, 1.165) is 0 Å². The number of anilines is 1. The standard InChI is InChI=1S/C13H14F3N3O3/c1-19-6-8(4-11(19)20)12(21)18-9-2-3-10(17-5-9)22-7-13(14,15)16/h2-3,5,8H,4,6-7H2,1H3,(H,18,21)/t8-/m1/s1. The zero-order valence-electron chi connectivity index (χ0n) is 11.7. The molecule has 1 aliphatic rings. The summed E-state index contributed by atoms with van der Waals surface area (Å²) in [6, 6.07) is 2.62. The van der Waals surface area contributed by atoms with Crippen LogP contribution in [0.1, 0.15) is 6.42 Å². The Hall–Kier alpha value is -2.32. The van der Waals surface area contributed by atoms with E-state index < -0.39 is 18.7 Å². The summed E-state index contributed by atoms with van der Waals surface area (Å²) in [4.78, 5) is 28.5. The number of rotatable bonds is 4. The van der Waals surface area contributed by atoms with Crippen LogP contribution in [0.25, 0.3) is 0 Å². The normalized spacial score (nSPS) is 18.5. The molecule has 0 radical (unpaired) electrons. The van der Waals surface area contributed by atoms with Gasteiger partial charge in [0.2, 0.25) is 17.7 Å². The number of hydrogen-bond acceptors (Lipinski definition) is 4. The summed E-state index contributed by atoms with van der Waals surface area (Å²) in [6.45, 7) is -1.09. The number of ether oxygens (including phenoxy) is 1. The van der Waals surface area contributed by atoms with Crippen molar-refractivity contribution in [3.8, 4) is 5.88 Å². The third-order valence-corrected chi connectivity index (χ3v) is 3.10. The maximum absolute atomic E-state index is 12.0. The molecule has 0 aromatic carbocycles. The van der Waals surface area contributed by atoms with Gasteiger partial charge in [-0.1, -0.05) is 0 Å². The second-order valence-electron chi connectivity index (χ2n) is 4.95. The Morgan fingerprint density at radius 1 is 1.50 bits per heavy atom. The van der Waals surface area contributed by atoms with Crippen molar-refractivity contribution in [1.29, 1.82) is 0 Å². The lowest BCUT2D eigenvalue weighted by atomic mass is 10.1. The summed E-state index contributed by atoms with van der Waals surface area (Å²) in [5, 5.41) is 2.57. The first-order chi connectivity index (χ1) is 10.2. The zero-order valence-corrected chi connectivity index (χ0v) is 11.7. The number of carbonyl (C=O) groups excluding carboxylic acids is 2. The van der Waals surface area contributed by atoms with Crippen molar-refractivity contribution in [2.45, 2.75) is 12.6 Å². The Labute approximate surface area is 124 Å². The quantitative estimate of drug-likeness (QED) is 0.912. The average Bonchev–Trinajstić information content (AvgIpc) is 2.77. The fourth-order valence-corrected chi connectivity index (χ4v) is 1.98. The van der Waals surface area contributed by atoms with Gasteiger partial charge in [-0.2, -0.15) is 13.2 Å². The zero-order chi connectivity index (χ0) is 16.3. The van der Waals surface area contributed by atoms with Gasteiger partial charge in [-0.05, 0) is 6.07 Å². The summed E-state index contributed by atoms with van der Waals surface area (Å²) in [7, 11) is 1.62. The van der Waals surface area contributed by atoms with E-state index in [9.17, 15) is 22.8 Å². The van der Waals surface area contributed by atoms with Crippen molar-refractivity contribution in [2.75, 3.05) is 25.5 Å². The fraction of sp³-hybridized carbons (Fsp3) is 0.462. The van der Waals surface area contributed by atoms with E-state index in [1.807, 2.05) is 0 Å². The van der Waals surface area contributed by atoms with Gasteiger partial charge in [0.25, 0.3) is 0 Å². The first-order valence-corrected chi connectivity index (χ1v) is 6.45. The van der Waals surface area contributed by atoms with Crippen LogP contribution in [-0.4, -0.2) is 48.1 Å². The smallest absolute Gasteiger partial charge is 0.422 e. The molecule has 0 aliphatic carbocycles. The van der Waals surface area contributed by atoms with Crippen LogP contribution in [-0.2, 0) is 9.59 Å². The van der Waals surface area contributed by atoms with Gasteiger partial charge in [0.05, 0.1) is 17.8 Å². The van der Waals surface area contributed by atoms with E-state index >= 15 is 0 Å². The molecular formula is C13H14F3N3O3. The largest absolute Gasteiger partial charge is 0.468 e. The lowest BCUT2D eigenvalue weighted by Gasteiger charge is -2.11. The lowest BCUT2D eigenvalue weighted by molar-refractivity contribution is -0.154. The minimum absolute atomic E-state index is 0.103. The number of amides is 2. The molecule has 0 bridgehead atoms. The summed E-state index contributed by atoms with van der Waals surface area (Å²) in [6.07, 6.45) is -3.10. The Kier molecular flexibility index (Phi) is 4.53. The van der Waals surface area contributed by atoms with Crippen LogP contribution in [0, 0.1) is 5.92 Å². The SMILES string of the molecule is CN1C[C@H](C(=O)Nc2ccc(OCC(F)(F)F)nc2)CC1=O. The van der Waals surface area contributed by atoms with E-state index in [0.29, 0.717) is 12.2 Å². The van der Waals surface area contributed by atoms with Crippen LogP contribution in [0.15, 0.2) is 18.3 Å². The van der Waals surface area contributed by atoms with E-state index in [4.69, 9.17) is 0 Å². The van der Waals surface area contributed by atoms with Crippen molar-refractivity contribution in [1.82, 2.24) is 9.88 Å². The van der Waals surface area contributed by atoms with Crippen molar-refractivity contribution >= 4 is 17.5 Å². The summed E-state index contributed by atoms with van der Waals surface area (Å²) >= 11 is 0. The molecule has 1 atom stereocenters. The van der Waals surface area contributed by atoms with Gasteiger partial charge in [-0.3, -0.25) is 9.59 Å². The fourth-order valence-electron chi connectivity index (χ4n) is 1.98. The number of nitrogens with one attached hydrogen (secondary N) is 1. The number of halogens is 3. The number of carbonyl (C=O) groups is 2. The second kappa shape index (κ2) is 6.20. The molecular weight excluding hydrogens is 303 g/mol. The van der Waals surface area contributed by atoms with Crippen molar-refractivity contribution < 1.29 is 27.5 Å². The maximum Gasteiger partial charge on any atom is 0.422 e. The predicted octanol–water partition coefficient (Wildman–Crippen LogP) is 1.44. The first-order valence-electron chi connectivity index (χ1n) is 6.45. The Balaban J connectivity index is 1.88. The molecule has 2 rings (SSSR count). The average molecular weight is 317 g/mol. The van der Waals surface area contributed by atoms with Crippen molar-refractivity contribution in [3.63, 3.8) is 0 Å². The molecule has 1 aliphatic heterocycles. The molecule has 6 nitrogen and oxygen atoms in total. The van der Waals surface area contributed by atoms with Crippen LogP contribution in [0.4, 0.5) is 18.9 Å². The lowest BCUT2D eigenvalue weighted by Crippen LogP contribution is -2.25. The van der Waals surface area contributed by atoms with Crippen LogP contribution < -0.4 is 10.1 Å². The Bertz CT molecular complexity index is 560. The molecule has 1 N–H and O–H groups in total. The molecule has 2 amide bonds. The highest BCUT2D eigenvalue weighted by Gasteiger charge is 2.32. The predicted molar refractivity (Wildman–Crippen MR) is 70.2 cm³/mol. The van der Waals surface area contributed by atoms with E-state index in [-0.39, 0.29) is 24.1 Å². The molecule has 0 spiro atoms. The van der Waals surface area contributed by atoms with Gasteiger partial charge in [0.1, 0.15) is 0 Å². The minimum atomic E-state index is -4.43. The highest BCUT2D eigenvalue weighted by atomic mass is 19.4. The molecule has 2 heterocycles. The summed E-state index contributed by atoms with van der Waals surface area (Å²) in [5.74, 6) is -1.07. The van der Waals surface area contributed by atoms with Crippen LogP contribution in [0.2, 0.25) is 0 Å². The number of alkyl halides is 3. The second-order valence-corrected chi connectivity index (χ2v) is 4.95. The van der Waals surface area contributed by atoms with Gasteiger partial charge < -0.3 is 15.0 Å². The molecule has 1 aromatic heterocycles. The van der Waals surface area contributed by atoms with Gasteiger partial charge in [-0.15, -0.1) is 0 Å². The molecule has 1 saturated heterocycles. The monoisotopic (exact) mass is 317 g/mol. The minimum Gasteiger partial charge on any atom is -0.468 e. The topological polar surface area (TPSA) is 71.5 Å². The number of nitrogens with zero attached hydrogens (tertiary/aromatic N) is 2. The van der Waals surface area contributed by atoms with Crippen molar-refractivity contribution in [3.05, 3.63) is 18.3 Å². The Morgan fingerprint density at radius 2 is 2.23 bits per heavy atom. The summed E-state index contributed by atoms with van der Waals surface area (Å²) < 4.78 is 40.4. The van der Waals surface area contributed by atoms with Gasteiger partial charge >= 0.3 is 6.18 Å². The number of pyridine rings is 1. The van der Waals surface area contributed by atoms with Crippen LogP contribution >= 0.6 is 0 Å². The molecule has 9 heteroatoms. The van der Waals surface area contributed by atoms with Gasteiger partial charge in [0, 0.05) is 26.1 Å². The first kappa shape index (κ1) is 16.1. The molecule has 0 unspecified atom stereocenters. The molecule has 120 valence electrons. The Morgan fingerprint density at radius 3 is 2.73 bits per heavy atom. The molecule has 1 fully saturated rings. The van der Waals surface area contributed by atoms with Crippen molar-refractivity contribution in [2.24, 2.45) is 5.92 Å². The number of hydrogen-bond donors (Lipinski definition) is 1. The van der Waals surface area contributed by atoms with E-state index in [2.05, 4.69) is 15.0 Å². The van der Waals surface area contributed by atoms with Crippen LogP contribution in [0.3, 0.4) is 0 Å². The van der Waals surface area contributed by atoms with Gasteiger partial charge in [-0.25, -0.2) is 4.98 Å². The van der Waals surface area contributed by atoms with Gasteiger partial charge in [0.15, 0.2) is 6.61 Å². The van der Waals surface area contributed by atoms with E-state index in [1.54, 1.807) is 7.05 Å². The summed E-state index contributed by atoms with van der Waals surface area (Å²) in [5.41, 5.74) is 0.325. The number of aromatic nitrogens is 1. The molecule has 22 heavy (non-hydrogen) atoms. The third-order valence-electron chi connectivity index (χ3n) is 3.10. The highest BCUT2D eigenvalue weighted by molar-refractivity contribution is 5.97. The molecule has 1 aromatic rings. The van der Waals surface area contributed by atoms with E-state index in [1.165, 1.54) is 23.2 Å². The molecule has 0 saturated carbocycles. The highest BCUT2D eigenvalue weighted by Crippen LogP contribution is 2.20. The number of likely N-dealkylation sites (tertiary alicyclic amines) is 1. The third kappa shape index (κ3) is 4.34.